The van der Waals surface area contributed by atoms with Crippen LogP contribution in [0.25, 0.3) is 0 Å². The Balaban J connectivity index is 2.24. The van der Waals surface area contributed by atoms with Gasteiger partial charge in [-0.1, -0.05) is 6.92 Å². The molecule has 0 aromatic carbocycles. The van der Waals surface area contributed by atoms with Gasteiger partial charge in [0.15, 0.2) is 0 Å². The second kappa shape index (κ2) is 6.46. The van der Waals surface area contributed by atoms with Gasteiger partial charge in [-0.3, -0.25) is 0 Å². The number of piperidine rings is 1. The highest BCUT2D eigenvalue weighted by Crippen LogP contribution is 2.15. The Morgan fingerprint density at radius 1 is 1.40 bits per heavy atom. The molecule has 0 bridgehead atoms. The fraction of sp³-hybridized carbons (Fsp3) is 1.00. The van der Waals surface area contributed by atoms with E-state index in [4.69, 9.17) is 0 Å². The number of nitrogens with one attached hydrogen (secondary N) is 1. The third-order valence-electron chi connectivity index (χ3n) is 3.46. The number of rotatable bonds is 5. The van der Waals surface area contributed by atoms with Crippen LogP contribution in [0.5, 0.6) is 0 Å². The zero-order chi connectivity index (χ0) is 11.3. The largest absolute Gasteiger partial charge is 0.319 e. The minimum absolute atomic E-state index is 0.750. The first-order valence-corrected chi connectivity index (χ1v) is 6.17. The number of nitrogens with zero attached hydrogens (tertiary/aromatic N) is 2. The predicted molar refractivity (Wildman–Crippen MR) is 66.2 cm³/mol. The molecule has 0 aromatic heterocycles. The molecule has 0 amide bonds. The molecule has 1 aliphatic rings. The van der Waals surface area contributed by atoms with Gasteiger partial charge in [0.05, 0.1) is 0 Å². The van der Waals surface area contributed by atoms with E-state index in [0.29, 0.717) is 0 Å². The lowest BCUT2D eigenvalue weighted by Gasteiger charge is -2.36. The van der Waals surface area contributed by atoms with Crippen molar-refractivity contribution in [1.29, 1.82) is 0 Å². The first-order chi connectivity index (χ1) is 7.13. The van der Waals surface area contributed by atoms with Crippen molar-refractivity contribution in [3.05, 3.63) is 0 Å². The van der Waals surface area contributed by atoms with Gasteiger partial charge in [0, 0.05) is 12.6 Å². The van der Waals surface area contributed by atoms with E-state index < -0.39 is 0 Å². The van der Waals surface area contributed by atoms with Crippen molar-refractivity contribution in [3.63, 3.8) is 0 Å². The van der Waals surface area contributed by atoms with Crippen molar-refractivity contribution >= 4 is 0 Å². The molecular weight excluding hydrogens is 186 g/mol. The number of hydrogen-bond acceptors (Lipinski definition) is 3. The molecule has 1 N–H and O–H groups in total. The van der Waals surface area contributed by atoms with Gasteiger partial charge in [-0.2, -0.15) is 0 Å². The first kappa shape index (κ1) is 12.9. The average Bonchev–Trinajstić information content (AvgIpc) is 2.18. The van der Waals surface area contributed by atoms with Crippen LogP contribution in [0.15, 0.2) is 0 Å². The summed E-state index contributed by atoms with van der Waals surface area (Å²) in [6.07, 6.45) is 2.67. The zero-order valence-electron chi connectivity index (χ0n) is 10.8. The lowest BCUT2D eigenvalue weighted by atomic mass is 10.0. The van der Waals surface area contributed by atoms with Crippen LogP contribution < -0.4 is 5.32 Å². The highest BCUT2D eigenvalue weighted by molar-refractivity contribution is 4.77. The summed E-state index contributed by atoms with van der Waals surface area (Å²) >= 11 is 0. The van der Waals surface area contributed by atoms with Crippen LogP contribution in [-0.4, -0.2) is 63.2 Å². The van der Waals surface area contributed by atoms with Gasteiger partial charge >= 0.3 is 0 Å². The lowest BCUT2D eigenvalue weighted by molar-refractivity contribution is 0.131. The number of likely N-dealkylation sites (tertiary alicyclic amines) is 1. The molecule has 3 heteroatoms. The highest BCUT2D eigenvalue weighted by Gasteiger charge is 2.21. The molecule has 0 aromatic rings. The van der Waals surface area contributed by atoms with Crippen LogP contribution in [0.4, 0.5) is 0 Å². The lowest BCUT2D eigenvalue weighted by Crippen LogP contribution is -2.44. The van der Waals surface area contributed by atoms with Crippen LogP contribution in [-0.2, 0) is 0 Å². The molecule has 90 valence electrons. The second-order valence-corrected chi connectivity index (χ2v) is 5.14. The maximum atomic E-state index is 3.25. The Labute approximate surface area is 94.8 Å². The summed E-state index contributed by atoms with van der Waals surface area (Å²) in [5.41, 5.74) is 0. The van der Waals surface area contributed by atoms with Crippen LogP contribution in [0, 0.1) is 5.92 Å². The topological polar surface area (TPSA) is 18.5 Å². The zero-order valence-corrected chi connectivity index (χ0v) is 10.8. The molecule has 1 rings (SSSR count). The maximum absolute atomic E-state index is 3.25. The molecule has 1 heterocycles. The molecule has 1 atom stereocenters. The van der Waals surface area contributed by atoms with E-state index in [2.05, 4.69) is 36.1 Å². The predicted octanol–water partition coefficient (Wildman–Crippen LogP) is 0.868. The minimum Gasteiger partial charge on any atom is -0.319 e. The Hall–Kier alpha value is -0.120. The molecule has 0 radical (unpaired) electrons. The fourth-order valence-electron chi connectivity index (χ4n) is 2.49. The van der Waals surface area contributed by atoms with Gasteiger partial charge in [0.1, 0.15) is 0 Å². The van der Waals surface area contributed by atoms with Crippen molar-refractivity contribution in [2.24, 2.45) is 5.92 Å². The van der Waals surface area contributed by atoms with Crippen molar-refractivity contribution in [2.45, 2.75) is 25.8 Å². The van der Waals surface area contributed by atoms with E-state index in [9.17, 15) is 0 Å². The van der Waals surface area contributed by atoms with Crippen LogP contribution >= 0.6 is 0 Å². The summed E-state index contributed by atoms with van der Waals surface area (Å²) in [6.45, 7) is 7.18. The summed E-state index contributed by atoms with van der Waals surface area (Å²) < 4.78 is 0. The van der Waals surface area contributed by atoms with E-state index >= 15 is 0 Å². The van der Waals surface area contributed by atoms with E-state index in [1.54, 1.807) is 0 Å². The van der Waals surface area contributed by atoms with Gasteiger partial charge in [-0.05, 0) is 59.5 Å². The third-order valence-corrected chi connectivity index (χ3v) is 3.46. The summed E-state index contributed by atoms with van der Waals surface area (Å²) in [5, 5.41) is 3.25. The van der Waals surface area contributed by atoms with Gasteiger partial charge in [0.25, 0.3) is 0 Å². The van der Waals surface area contributed by atoms with Gasteiger partial charge < -0.3 is 15.1 Å². The van der Waals surface area contributed by atoms with Crippen LogP contribution in [0.3, 0.4) is 0 Å². The smallest absolute Gasteiger partial charge is 0.0117 e. The van der Waals surface area contributed by atoms with Crippen molar-refractivity contribution in [1.82, 2.24) is 15.1 Å². The summed E-state index contributed by atoms with van der Waals surface area (Å²) in [4.78, 5) is 4.98. The van der Waals surface area contributed by atoms with Gasteiger partial charge in [-0.25, -0.2) is 0 Å². The molecule has 15 heavy (non-hydrogen) atoms. The van der Waals surface area contributed by atoms with Gasteiger partial charge in [0.2, 0.25) is 0 Å². The Kier molecular flexibility index (Phi) is 5.58. The van der Waals surface area contributed by atoms with Crippen molar-refractivity contribution < 1.29 is 0 Å². The molecule has 1 saturated heterocycles. The summed E-state index contributed by atoms with van der Waals surface area (Å²) in [6, 6.07) is 0.806. The normalized spacial score (nSPS) is 22.2. The van der Waals surface area contributed by atoms with Crippen LogP contribution in [0.1, 0.15) is 19.8 Å². The minimum atomic E-state index is 0.750. The molecule has 0 spiro atoms. The quantitative estimate of drug-likeness (QED) is 0.731. The van der Waals surface area contributed by atoms with E-state index in [0.717, 1.165) is 18.5 Å². The second-order valence-electron chi connectivity index (χ2n) is 5.14. The Morgan fingerprint density at radius 3 is 2.53 bits per heavy atom. The first-order valence-electron chi connectivity index (χ1n) is 6.17. The molecule has 1 fully saturated rings. The van der Waals surface area contributed by atoms with E-state index in [1.807, 2.05) is 7.05 Å². The Bertz CT molecular complexity index is 164. The molecular formula is C12H27N3. The van der Waals surface area contributed by atoms with Crippen molar-refractivity contribution in [3.8, 4) is 0 Å². The summed E-state index contributed by atoms with van der Waals surface area (Å²) in [7, 11) is 6.54. The molecule has 0 aliphatic carbocycles. The molecule has 0 saturated carbocycles. The molecule has 3 nitrogen and oxygen atoms in total. The maximum Gasteiger partial charge on any atom is 0.0117 e. The van der Waals surface area contributed by atoms with Gasteiger partial charge in [-0.15, -0.1) is 0 Å². The fourth-order valence-corrected chi connectivity index (χ4v) is 2.49. The average molecular weight is 213 g/mol. The van der Waals surface area contributed by atoms with Crippen molar-refractivity contribution in [2.75, 3.05) is 47.3 Å². The van der Waals surface area contributed by atoms with E-state index in [-0.39, 0.29) is 0 Å². The third kappa shape index (κ3) is 4.49. The highest BCUT2D eigenvalue weighted by atomic mass is 15.2. The molecule has 1 unspecified atom stereocenters. The molecule has 1 aliphatic heterocycles. The van der Waals surface area contributed by atoms with Crippen LogP contribution in [0.2, 0.25) is 0 Å². The SMILES string of the molecule is CNCC(C)CN(C)C1CCN(C)CC1. The standard InChI is InChI=1S/C12H27N3/c1-11(9-13-2)10-15(4)12-5-7-14(3)8-6-12/h11-13H,5-10H2,1-4H3. The van der Waals surface area contributed by atoms with E-state index in [1.165, 1.54) is 32.5 Å². The monoisotopic (exact) mass is 213 g/mol. The Morgan fingerprint density at radius 2 is 2.00 bits per heavy atom. The summed E-state index contributed by atoms with van der Waals surface area (Å²) in [5.74, 6) is 0.750. The number of hydrogen-bond donors (Lipinski definition) is 1.